The van der Waals surface area contributed by atoms with Gasteiger partial charge in [0.05, 0.1) is 6.04 Å². The van der Waals surface area contributed by atoms with Gasteiger partial charge in [0.2, 0.25) is 5.91 Å². The number of amides is 1. The minimum Gasteiger partial charge on any atom is -0.344 e. The predicted octanol–water partition coefficient (Wildman–Crippen LogP) is 2.69. The van der Waals surface area contributed by atoms with E-state index in [0.29, 0.717) is 0 Å². The molecule has 1 aromatic carbocycles. The van der Waals surface area contributed by atoms with Gasteiger partial charge in [0.25, 0.3) is 0 Å². The number of carbonyl (C=O) groups excluding carboxylic acids is 1. The van der Waals surface area contributed by atoms with Crippen LogP contribution in [0, 0.1) is 0 Å². The van der Waals surface area contributed by atoms with E-state index in [2.05, 4.69) is 45.5 Å². The van der Waals surface area contributed by atoms with Crippen molar-refractivity contribution < 1.29 is 4.79 Å². The molecule has 1 aliphatic carbocycles. The monoisotopic (exact) mass is 336 g/mol. The number of hydrogen-bond donors (Lipinski definition) is 1. The van der Waals surface area contributed by atoms with Gasteiger partial charge >= 0.3 is 0 Å². The fraction of sp³-hybridized carbons (Fsp3) is 0.562. The minimum absolute atomic E-state index is 0.0423. The predicted molar refractivity (Wildman–Crippen MR) is 83.7 cm³/mol. The summed E-state index contributed by atoms with van der Waals surface area (Å²) in [7, 11) is 1.95. The van der Waals surface area contributed by atoms with Gasteiger partial charge in [0.1, 0.15) is 0 Å². The van der Waals surface area contributed by atoms with Crippen molar-refractivity contribution in [1.82, 2.24) is 10.2 Å². The summed E-state index contributed by atoms with van der Waals surface area (Å²) in [6, 6.07) is 8.60. The van der Waals surface area contributed by atoms with E-state index in [1.165, 1.54) is 18.4 Å². The third-order valence-corrected chi connectivity index (χ3v) is 5.11. The Morgan fingerprint density at radius 2 is 2.10 bits per heavy atom. The van der Waals surface area contributed by atoms with Crippen molar-refractivity contribution in [3.8, 4) is 0 Å². The van der Waals surface area contributed by atoms with Crippen LogP contribution < -0.4 is 5.32 Å². The summed E-state index contributed by atoms with van der Waals surface area (Å²) in [5.74, 6) is 0.255. The average molecular weight is 337 g/mol. The number of rotatable bonds is 4. The fourth-order valence-electron chi connectivity index (χ4n) is 3.19. The highest BCUT2D eigenvalue weighted by Gasteiger charge is 2.46. The van der Waals surface area contributed by atoms with E-state index in [-0.39, 0.29) is 17.4 Å². The van der Waals surface area contributed by atoms with Gasteiger partial charge in [-0.1, -0.05) is 28.1 Å². The molecule has 2 fully saturated rings. The molecule has 20 heavy (non-hydrogen) atoms. The van der Waals surface area contributed by atoms with E-state index < -0.39 is 0 Å². The van der Waals surface area contributed by atoms with Crippen molar-refractivity contribution in [3.63, 3.8) is 0 Å². The van der Waals surface area contributed by atoms with Gasteiger partial charge in [-0.25, -0.2) is 0 Å². The third-order valence-electron chi connectivity index (χ3n) is 4.58. The Labute approximate surface area is 128 Å². The van der Waals surface area contributed by atoms with Crippen LogP contribution >= 0.6 is 15.9 Å². The number of hydrogen-bond acceptors (Lipinski definition) is 2. The summed E-state index contributed by atoms with van der Waals surface area (Å²) in [6.07, 6.45) is 4.46. The molecule has 108 valence electrons. The molecule has 1 atom stereocenters. The Balaban J connectivity index is 1.67. The molecule has 1 unspecified atom stereocenters. The molecule has 1 aromatic rings. The molecule has 1 aliphatic heterocycles. The summed E-state index contributed by atoms with van der Waals surface area (Å²) in [6.45, 7) is 1.81. The SMILES string of the molecule is CN(CC1(c2ccc(Br)cc2)CC1)C(=O)C1CCCN1. The van der Waals surface area contributed by atoms with Crippen LogP contribution in [-0.4, -0.2) is 37.0 Å². The van der Waals surface area contributed by atoms with E-state index in [0.717, 1.165) is 30.4 Å². The summed E-state index contributed by atoms with van der Waals surface area (Å²) < 4.78 is 1.11. The maximum atomic E-state index is 12.4. The number of nitrogens with one attached hydrogen (secondary N) is 1. The maximum Gasteiger partial charge on any atom is 0.239 e. The smallest absolute Gasteiger partial charge is 0.239 e. The number of halogens is 1. The van der Waals surface area contributed by atoms with Crippen LogP contribution in [0.2, 0.25) is 0 Å². The molecule has 0 aromatic heterocycles. The first-order chi connectivity index (χ1) is 9.61. The molecule has 1 heterocycles. The molecular weight excluding hydrogens is 316 g/mol. The Morgan fingerprint density at radius 1 is 1.40 bits per heavy atom. The first-order valence-corrected chi connectivity index (χ1v) is 8.14. The van der Waals surface area contributed by atoms with Crippen LogP contribution in [0.3, 0.4) is 0 Å². The van der Waals surface area contributed by atoms with Gasteiger partial charge in [-0.2, -0.15) is 0 Å². The summed E-state index contributed by atoms with van der Waals surface area (Å²) >= 11 is 3.48. The second-order valence-corrected chi connectivity index (χ2v) is 7.05. The molecule has 0 radical (unpaired) electrons. The number of carbonyl (C=O) groups is 1. The zero-order valence-corrected chi connectivity index (χ0v) is 13.4. The van der Waals surface area contributed by atoms with E-state index in [4.69, 9.17) is 0 Å². The molecular formula is C16H21BrN2O. The second kappa shape index (κ2) is 5.49. The Kier molecular flexibility index (Phi) is 3.87. The van der Waals surface area contributed by atoms with E-state index in [1.807, 2.05) is 11.9 Å². The van der Waals surface area contributed by atoms with Gasteiger partial charge in [-0.05, 0) is 49.9 Å². The van der Waals surface area contributed by atoms with Crippen LogP contribution in [0.4, 0.5) is 0 Å². The maximum absolute atomic E-state index is 12.4. The molecule has 3 rings (SSSR count). The quantitative estimate of drug-likeness (QED) is 0.916. The lowest BCUT2D eigenvalue weighted by Crippen LogP contribution is -2.44. The molecule has 1 saturated carbocycles. The van der Waals surface area contributed by atoms with Crippen molar-refractivity contribution in [2.75, 3.05) is 20.1 Å². The number of likely N-dealkylation sites (N-methyl/N-ethyl adjacent to an activating group) is 1. The molecule has 0 bridgehead atoms. The molecule has 1 amide bonds. The second-order valence-electron chi connectivity index (χ2n) is 6.13. The van der Waals surface area contributed by atoms with Gasteiger partial charge in [0.15, 0.2) is 0 Å². The first-order valence-electron chi connectivity index (χ1n) is 7.35. The van der Waals surface area contributed by atoms with Crippen LogP contribution in [-0.2, 0) is 10.2 Å². The van der Waals surface area contributed by atoms with E-state index in [1.54, 1.807) is 0 Å². The van der Waals surface area contributed by atoms with Gasteiger partial charge in [-0.3, -0.25) is 4.79 Å². The zero-order valence-electron chi connectivity index (χ0n) is 11.9. The average Bonchev–Trinajstić information content (AvgIpc) is 3.02. The number of nitrogens with zero attached hydrogens (tertiary/aromatic N) is 1. The van der Waals surface area contributed by atoms with Gasteiger partial charge < -0.3 is 10.2 Å². The van der Waals surface area contributed by atoms with Crippen molar-refractivity contribution in [2.45, 2.75) is 37.1 Å². The largest absolute Gasteiger partial charge is 0.344 e. The molecule has 3 nitrogen and oxygen atoms in total. The molecule has 4 heteroatoms. The Bertz CT molecular complexity index is 490. The van der Waals surface area contributed by atoms with Crippen molar-refractivity contribution in [2.24, 2.45) is 0 Å². The Hall–Kier alpha value is -0.870. The lowest BCUT2D eigenvalue weighted by atomic mass is 9.95. The highest BCUT2D eigenvalue weighted by Crippen LogP contribution is 2.48. The van der Waals surface area contributed by atoms with E-state index >= 15 is 0 Å². The number of benzene rings is 1. The Morgan fingerprint density at radius 3 is 2.65 bits per heavy atom. The molecule has 2 aliphatic rings. The lowest BCUT2D eigenvalue weighted by molar-refractivity contribution is -0.132. The van der Waals surface area contributed by atoms with E-state index in [9.17, 15) is 4.79 Å². The standard InChI is InChI=1S/C16H21BrN2O/c1-19(15(20)14-3-2-10-18-14)11-16(8-9-16)12-4-6-13(17)7-5-12/h4-7,14,18H,2-3,8-11H2,1H3. The fourth-order valence-corrected chi connectivity index (χ4v) is 3.45. The third kappa shape index (κ3) is 2.77. The van der Waals surface area contributed by atoms with Crippen LogP contribution in [0.15, 0.2) is 28.7 Å². The lowest BCUT2D eigenvalue weighted by Gasteiger charge is -2.26. The van der Waals surface area contributed by atoms with Crippen LogP contribution in [0.25, 0.3) is 0 Å². The highest BCUT2D eigenvalue weighted by atomic mass is 79.9. The topological polar surface area (TPSA) is 32.3 Å². The van der Waals surface area contributed by atoms with Crippen molar-refractivity contribution in [3.05, 3.63) is 34.3 Å². The van der Waals surface area contributed by atoms with Crippen molar-refractivity contribution in [1.29, 1.82) is 0 Å². The highest BCUT2D eigenvalue weighted by molar-refractivity contribution is 9.10. The van der Waals surface area contributed by atoms with Gasteiger partial charge in [-0.15, -0.1) is 0 Å². The molecule has 1 saturated heterocycles. The van der Waals surface area contributed by atoms with Gasteiger partial charge in [0, 0.05) is 23.5 Å². The van der Waals surface area contributed by atoms with Crippen LogP contribution in [0.5, 0.6) is 0 Å². The van der Waals surface area contributed by atoms with Crippen molar-refractivity contribution >= 4 is 21.8 Å². The van der Waals surface area contributed by atoms with Crippen LogP contribution in [0.1, 0.15) is 31.2 Å². The summed E-state index contributed by atoms with van der Waals surface area (Å²) in [5, 5.41) is 3.29. The first kappa shape index (κ1) is 14.1. The zero-order chi connectivity index (χ0) is 14.2. The molecule has 0 spiro atoms. The normalized spacial score (nSPS) is 23.6. The summed E-state index contributed by atoms with van der Waals surface area (Å²) in [5.41, 5.74) is 1.56. The minimum atomic E-state index is 0.0423. The summed E-state index contributed by atoms with van der Waals surface area (Å²) in [4.78, 5) is 14.3. The molecule has 1 N–H and O–H groups in total.